The van der Waals surface area contributed by atoms with Gasteiger partial charge in [0.1, 0.15) is 16.7 Å². The number of fused-ring (bicyclic) bond motifs is 1. The highest BCUT2D eigenvalue weighted by Crippen LogP contribution is 2.35. The fourth-order valence-corrected chi connectivity index (χ4v) is 3.81. The average Bonchev–Trinajstić information content (AvgIpc) is 2.73. The summed E-state index contributed by atoms with van der Waals surface area (Å²) < 4.78 is 36.1. The molecule has 6 heteroatoms. The molecule has 0 saturated heterocycles. The normalized spacial score (nSPS) is 17.6. The molecule has 5 nitrogen and oxygen atoms in total. The van der Waals surface area contributed by atoms with E-state index in [1.54, 1.807) is 12.1 Å². The molecule has 0 bridgehead atoms. The highest BCUT2D eigenvalue weighted by atomic mass is 32.2. The van der Waals surface area contributed by atoms with Crippen LogP contribution >= 0.6 is 0 Å². The van der Waals surface area contributed by atoms with Gasteiger partial charge in [0.25, 0.3) is 0 Å². The Hall–Kier alpha value is -3.12. The third-order valence-electron chi connectivity index (χ3n) is 4.57. The zero-order chi connectivity index (χ0) is 19.6. The molecule has 0 fully saturated rings. The molecule has 0 radical (unpaired) electrons. The molecule has 0 aromatic heterocycles. The zero-order valence-corrected chi connectivity index (χ0v) is 16.1. The van der Waals surface area contributed by atoms with Crippen LogP contribution in [0.2, 0.25) is 0 Å². The lowest BCUT2D eigenvalue weighted by Gasteiger charge is -2.27. The maximum absolute atomic E-state index is 12.5. The monoisotopic (exact) mass is 393 g/mol. The van der Waals surface area contributed by atoms with Crippen molar-refractivity contribution in [3.8, 4) is 5.75 Å². The van der Waals surface area contributed by atoms with Crippen molar-refractivity contribution in [1.29, 1.82) is 0 Å². The summed E-state index contributed by atoms with van der Waals surface area (Å²) in [4.78, 5) is 0.0717. The van der Waals surface area contributed by atoms with E-state index in [9.17, 15) is 8.42 Å². The van der Waals surface area contributed by atoms with E-state index >= 15 is 0 Å². The minimum absolute atomic E-state index is 0.0717. The number of hydrogen-bond donors (Lipinski definition) is 0. The second-order valence-electron chi connectivity index (χ2n) is 6.60. The molecule has 3 aromatic rings. The SMILES string of the molecule is Cc1ccc(S(=O)(=O)O/N=C2/C[C@H](c3ccccc3)Oc3ccccc32)cc1. The molecule has 0 N–H and O–H groups in total. The van der Waals surface area contributed by atoms with Crippen LogP contribution in [-0.4, -0.2) is 14.1 Å². The summed E-state index contributed by atoms with van der Waals surface area (Å²) in [5.74, 6) is 0.651. The Morgan fingerprint density at radius 1 is 0.929 bits per heavy atom. The quantitative estimate of drug-likeness (QED) is 0.606. The number of nitrogens with zero attached hydrogens (tertiary/aromatic N) is 1. The first kappa shape index (κ1) is 18.3. The molecule has 1 heterocycles. The van der Waals surface area contributed by atoms with Gasteiger partial charge >= 0.3 is 10.1 Å². The van der Waals surface area contributed by atoms with Crippen molar-refractivity contribution in [1.82, 2.24) is 0 Å². The molecule has 0 spiro atoms. The zero-order valence-electron chi connectivity index (χ0n) is 15.3. The second kappa shape index (κ2) is 7.48. The first-order chi connectivity index (χ1) is 13.5. The Bertz CT molecular complexity index is 1110. The average molecular weight is 393 g/mol. The fourth-order valence-electron chi connectivity index (χ4n) is 3.07. The third kappa shape index (κ3) is 3.77. The predicted octanol–water partition coefficient (Wildman–Crippen LogP) is 4.63. The van der Waals surface area contributed by atoms with Crippen LogP contribution in [0.1, 0.15) is 29.2 Å². The summed E-state index contributed by atoms with van der Waals surface area (Å²) in [6, 6.07) is 23.6. The van der Waals surface area contributed by atoms with E-state index in [-0.39, 0.29) is 11.0 Å². The number of para-hydroxylation sites is 1. The van der Waals surface area contributed by atoms with Crippen molar-refractivity contribution in [3.05, 3.63) is 95.6 Å². The summed E-state index contributed by atoms with van der Waals surface area (Å²) in [7, 11) is -3.99. The molecule has 28 heavy (non-hydrogen) atoms. The van der Waals surface area contributed by atoms with Gasteiger partial charge in [-0.2, -0.15) is 8.42 Å². The van der Waals surface area contributed by atoms with Crippen LogP contribution < -0.4 is 4.74 Å². The van der Waals surface area contributed by atoms with Gasteiger partial charge in [0, 0.05) is 12.0 Å². The van der Waals surface area contributed by atoms with Crippen molar-refractivity contribution in [2.75, 3.05) is 0 Å². The van der Waals surface area contributed by atoms with Crippen LogP contribution in [0.5, 0.6) is 5.75 Å². The smallest absolute Gasteiger partial charge is 0.358 e. The molecule has 1 aliphatic rings. The van der Waals surface area contributed by atoms with Crippen molar-refractivity contribution >= 4 is 15.8 Å². The largest absolute Gasteiger partial charge is 0.485 e. The predicted molar refractivity (Wildman–Crippen MR) is 107 cm³/mol. The topological polar surface area (TPSA) is 65.0 Å². The Labute approximate surface area is 164 Å². The van der Waals surface area contributed by atoms with Crippen LogP contribution in [0.15, 0.2) is 88.9 Å². The number of hydrogen-bond acceptors (Lipinski definition) is 5. The molecule has 142 valence electrons. The molecular weight excluding hydrogens is 374 g/mol. The van der Waals surface area contributed by atoms with E-state index < -0.39 is 10.1 Å². The second-order valence-corrected chi connectivity index (χ2v) is 8.13. The van der Waals surface area contributed by atoms with Gasteiger partial charge in [0.05, 0.1) is 5.71 Å². The van der Waals surface area contributed by atoms with Crippen LogP contribution in [0, 0.1) is 6.92 Å². The minimum Gasteiger partial charge on any atom is -0.485 e. The fraction of sp³-hybridized carbons (Fsp3) is 0.136. The Balaban J connectivity index is 1.66. The number of benzene rings is 3. The van der Waals surface area contributed by atoms with E-state index in [1.165, 1.54) is 12.1 Å². The Morgan fingerprint density at radius 3 is 2.36 bits per heavy atom. The van der Waals surface area contributed by atoms with Crippen molar-refractivity contribution in [2.24, 2.45) is 5.16 Å². The molecular formula is C22H19NO4S. The summed E-state index contributed by atoms with van der Waals surface area (Å²) in [6.45, 7) is 1.89. The number of rotatable bonds is 4. The summed E-state index contributed by atoms with van der Waals surface area (Å²) in [6.07, 6.45) is 0.144. The molecule has 0 saturated carbocycles. The molecule has 0 aliphatic carbocycles. The van der Waals surface area contributed by atoms with Crippen LogP contribution in [0.25, 0.3) is 0 Å². The lowest BCUT2D eigenvalue weighted by molar-refractivity contribution is 0.204. The van der Waals surface area contributed by atoms with Gasteiger partial charge in [-0.3, -0.25) is 4.28 Å². The molecule has 0 unspecified atom stereocenters. The van der Waals surface area contributed by atoms with E-state index in [2.05, 4.69) is 5.16 Å². The van der Waals surface area contributed by atoms with Crippen LogP contribution in [0.3, 0.4) is 0 Å². The van der Waals surface area contributed by atoms with E-state index in [1.807, 2.05) is 61.5 Å². The van der Waals surface area contributed by atoms with Crippen molar-refractivity contribution in [3.63, 3.8) is 0 Å². The molecule has 0 amide bonds. The van der Waals surface area contributed by atoms with Gasteiger partial charge in [-0.25, -0.2) is 0 Å². The standard InChI is InChI=1S/C22H19NO4S/c1-16-11-13-18(14-12-16)28(24,25)27-23-20-15-22(17-7-3-2-4-8-17)26-21-10-6-5-9-19(20)21/h2-14,22H,15H2,1H3/b23-20-/t22-/m1/s1. The van der Waals surface area contributed by atoms with Gasteiger partial charge in [-0.15, -0.1) is 0 Å². The minimum atomic E-state index is -3.99. The number of aryl methyl sites for hydroxylation is 1. The highest BCUT2D eigenvalue weighted by Gasteiger charge is 2.27. The summed E-state index contributed by atoms with van der Waals surface area (Å²) >= 11 is 0. The first-order valence-corrected chi connectivity index (χ1v) is 10.3. The van der Waals surface area contributed by atoms with Gasteiger partial charge in [0.15, 0.2) is 0 Å². The van der Waals surface area contributed by atoms with Gasteiger partial charge in [0.2, 0.25) is 0 Å². The van der Waals surface area contributed by atoms with Crippen LogP contribution in [0.4, 0.5) is 0 Å². The molecule has 1 aliphatic heterocycles. The lowest BCUT2D eigenvalue weighted by Crippen LogP contribution is -2.21. The highest BCUT2D eigenvalue weighted by molar-refractivity contribution is 7.86. The van der Waals surface area contributed by atoms with E-state index in [4.69, 9.17) is 9.02 Å². The third-order valence-corrected chi connectivity index (χ3v) is 5.69. The summed E-state index contributed by atoms with van der Waals surface area (Å²) in [5.41, 5.74) is 3.22. The molecule has 3 aromatic carbocycles. The maximum Gasteiger partial charge on any atom is 0.358 e. The first-order valence-electron chi connectivity index (χ1n) is 8.91. The number of oxime groups is 1. The lowest BCUT2D eigenvalue weighted by atomic mass is 9.96. The van der Waals surface area contributed by atoms with Crippen molar-refractivity contribution in [2.45, 2.75) is 24.3 Å². The van der Waals surface area contributed by atoms with E-state index in [0.29, 0.717) is 17.9 Å². The van der Waals surface area contributed by atoms with Crippen molar-refractivity contribution < 1.29 is 17.4 Å². The van der Waals surface area contributed by atoms with Gasteiger partial charge < -0.3 is 4.74 Å². The Kier molecular flexibility index (Phi) is 4.88. The van der Waals surface area contributed by atoms with Crippen LogP contribution in [-0.2, 0) is 14.4 Å². The Morgan fingerprint density at radius 2 is 1.61 bits per heavy atom. The number of ether oxygens (including phenoxy) is 1. The van der Waals surface area contributed by atoms with Gasteiger partial charge in [-0.05, 0) is 36.8 Å². The van der Waals surface area contributed by atoms with E-state index in [0.717, 1.165) is 16.7 Å². The maximum atomic E-state index is 12.5. The summed E-state index contributed by atoms with van der Waals surface area (Å²) in [5, 5.41) is 4.02. The van der Waals surface area contributed by atoms with Gasteiger partial charge in [-0.1, -0.05) is 65.3 Å². The molecule has 1 atom stereocenters. The molecule has 4 rings (SSSR count).